The Hall–Kier alpha value is -3.40. The Labute approximate surface area is 125 Å². The molecule has 1 aromatic carbocycles. The molecule has 7 nitrogen and oxygen atoms in total. The third-order valence-corrected chi connectivity index (χ3v) is 3.44. The van der Waals surface area contributed by atoms with Gasteiger partial charge in [-0.25, -0.2) is 0 Å². The van der Waals surface area contributed by atoms with Gasteiger partial charge in [-0.05, 0) is 6.07 Å². The van der Waals surface area contributed by atoms with Crippen LogP contribution in [0.5, 0.6) is 0 Å². The number of H-pyrrole nitrogens is 1. The van der Waals surface area contributed by atoms with E-state index in [1.165, 1.54) is 0 Å². The molecule has 0 spiro atoms. The molecule has 106 valence electrons. The number of aromatic nitrogens is 6. The predicted molar refractivity (Wildman–Crippen MR) is 79.5 cm³/mol. The van der Waals surface area contributed by atoms with Crippen molar-refractivity contribution in [1.82, 2.24) is 30.1 Å². The minimum absolute atomic E-state index is 0.311. The molecule has 0 atom stereocenters. The van der Waals surface area contributed by atoms with Gasteiger partial charge in [0, 0.05) is 18.0 Å². The summed E-state index contributed by atoms with van der Waals surface area (Å²) >= 11 is 0. The van der Waals surface area contributed by atoms with Gasteiger partial charge in [-0.3, -0.25) is 9.78 Å². The lowest BCUT2D eigenvalue weighted by molar-refractivity contribution is 0.431. The summed E-state index contributed by atoms with van der Waals surface area (Å²) in [5.74, 6) is 3.31. The van der Waals surface area contributed by atoms with Gasteiger partial charge in [0.2, 0.25) is 5.82 Å². The van der Waals surface area contributed by atoms with Gasteiger partial charge in [0.1, 0.15) is 5.69 Å². The van der Waals surface area contributed by atoms with Crippen molar-refractivity contribution < 1.29 is 4.52 Å². The summed E-state index contributed by atoms with van der Waals surface area (Å²) in [4.78, 5) is 4.38. The number of hydrogen-bond donors (Lipinski definition) is 1. The van der Waals surface area contributed by atoms with Crippen LogP contribution in [0.4, 0.5) is 0 Å². The molecule has 0 aliphatic carbocycles. The highest BCUT2D eigenvalue weighted by molar-refractivity contribution is 5.83. The fraction of sp³-hybridized carbons (Fsp3) is 0.0667. The Balaban J connectivity index is 1.80. The molecule has 0 aliphatic rings. The van der Waals surface area contributed by atoms with Crippen LogP contribution in [-0.4, -0.2) is 30.1 Å². The van der Waals surface area contributed by atoms with E-state index in [2.05, 4.69) is 31.4 Å². The first-order valence-electron chi connectivity index (χ1n) is 6.52. The number of terminal acetylenes is 1. The number of benzene rings is 1. The van der Waals surface area contributed by atoms with Crippen molar-refractivity contribution in [2.24, 2.45) is 7.05 Å². The highest BCUT2D eigenvalue weighted by Gasteiger charge is 2.15. The molecular formula is C15H10N6O. The van der Waals surface area contributed by atoms with E-state index in [1.54, 1.807) is 10.9 Å². The Kier molecular flexibility index (Phi) is 2.56. The highest BCUT2D eigenvalue weighted by Crippen LogP contribution is 2.25. The number of aromatic amines is 1. The van der Waals surface area contributed by atoms with Crippen LogP contribution in [-0.2, 0) is 7.05 Å². The van der Waals surface area contributed by atoms with Gasteiger partial charge in [0.15, 0.2) is 0 Å². The Morgan fingerprint density at radius 1 is 1.32 bits per heavy atom. The number of aryl methyl sites for hydroxylation is 1. The molecule has 1 N–H and O–H groups in total. The molecule has 0 aliphatic heterocycles. The molecule has 0 fully saturated rings. The molecule has 4 rings (SSSR count). The zero-order chi connectivity index (χ0) is 15.1. The number of rotatable bonds is 2. The van der Waals surface area contributed by atoms with Crippen LogP contribution in [0.2, 0.25) is 0 Å². The first-order chi connectivity index (χ1) is 10.8. The lowest BCUT2D eigenvalue weighted by Crippen LogP contribution is -1.89. The lowest BCUT2D eigenvalue weighted by Gasteiger charge is -1.97. The molecule has 0 unspecified atom stereocenters. The van der Waals surface area contributed by atoms with Crippen LogP contribution in [0.15, 0.2) is 35.1 Å². The summed E-state index contributed by atoms with van der Waals surface area (Å²) in [7, 11) is 1.89. The van der Waals surface area contributed by atoms with Crippen LogP contribution in [0.3, 0.4) is 0 Å². The smallest absolute Gasteiger partial charge is 0.277 e. The zero-order valence-electron chi connectivity index (χ0n) is 11.6. The van der Waals surface area contributed by atoms with E-state index in [-0.39, 0.29) is 0 Å². The van der Waals surface area contributed by atoms with E-state index in [0.29, 0.717) is 23.0 Å². The number of nitrogens with zero attached hydrogens (tertiary/aromatic N) is 5. The standard InChI is InChI=1S/C15H10N6O/c1-3-9-7-16-19-13(9)15-18-14(20-22-15)10-4-5-11-8-17-21(2)12(11)6-10/h1,4-8H,2H3,(H,16,19). The second-order valence-corrected chi connectivity index (χ2v) is 4.77. The van der Waals surface area contributed by atoms with E-state index >= 15 is 0 Å². The largest absolute Gasteiger partial charge is 0.332 e. The van der Waals surface area contributed by atoms with Gasteiger partial charge in [-0.2, -0.15) is 15.2 Å². The number of nitrogens with one attached hydrogen (secondary N) is 1. The van der Waals surface area contributed by atoms with Crippen LogP contribution in [0, 0.1) is 12.3 Å². The minimum Gasteiger partial charge on any atom is -0.332 e. The van der Waals surface area contributed by atoms with Crippen LogP contribution in [0.25, 0.3) is 33.9 Å². The molecule has 22 heavy (non-hydrogen) atoms. The first kappa shape index (κ1) is 12.3. The van der Waals surface area contributed by atoms with Gasteiger partial charge in [0.25, 0.3) is 5.89 Å². The Morgan fingerprint density at radius 2 is 2.23 bits per heavy atom. The Morgan fingerprint density at radius 3 is 3.09 bits per heavy atom. The zero-order valence-corrected chi connectivity index (χ0v) is 11.6. The average molecular weight is 290 g/mol. The molecule has 0 bridgehead atoms. The monoisotopic (exact) mass is 290 g/mol. The van der Waals surface area contributed by atoms with Gasteiger partial charge < -0.3 is 4.52 Å². The highest BCUT2D eigenvalue weighted by atomic mass is 16.5. The second kappa shape index (κ2) is 4.56. The summed E-state index contributed by atoms with van der Waals surface area (Å²) in [5.41, 5.74) is 2.96. The van der Waals surface area contributed by atoms with E-state index in [1.807, 2.05) is 31.4 Å². The van der Waals surface area contributed by atoms with E-state index in [4.69, 9.17) is 10.9 Å². The molecule has 7 heteroatoms. The normalized spacial score (nSPS) is 10.9. The fourth-order valence-corrected chi connectivity index (χ4v) is 2.28. The topological polar surface area (TPSA) is 85.4 Å². The van der Waals surface area contributed by atoms with Crippen molar-refractivity contribution in [3.63, 3.8) is 0 Å². The van der Waals surface area contributed by atoms with E-state index in [0.717, 1.165) is 16.5 Å². The molecule has 0 saturated carbocycles. The summed E-state index contributed by atoms with van der Waals surface area (Å²) in [6.45, 7) is 0. The molecule has 0 radical (unpaired) electrons. The second-order valence-electron chi connectivity index (χ2n) is 4.77. The van der Waals surface area contributed by atoms with Crippen LogP contribution in [0.1, 0.15) is 5.56 Å². The van der Waals surface area contributed by atoms with Crippen LogP contribution >= 0.6 is 0 Å². The molecular weight excluding hydrogens is 280 g/mol. The number of hydrogen-bond acceptors (Lipinski definition) is 5. The van der Waals surface area contributed by atoms with Crippen molar-refractivity contribution >= 4 is 10.9 Å². The Bertz CT molecular complexity index is 1020. The molecule has 3 aromatic heterocycles. The third-order valence-electron chi connectivity index (χ3n) is 3.44. The fourth-order valence-electron chi connectivity index (χ4n) is 2.28. The quantitative estimate of drug-likeness (QED) is 0.571. The van der Waals surface area contributed by atoms with Gasteiger partial charge in [-0.1, -0.05) is 23.2 Å². The maximum atomic E-state index is 5.41. The van der Waals surface area contributed by atoms with Gasteiger partial charge in [0.05, 0.1) is 23.5 Å². The number of fused-ring (bicyclic) bond motifs is 1. The van der Waals surface area contributed by atoms with Crippen molar-refractivity contribution in [3.8, 4) is 35.3 Å². The first-order valence-corrected chi connectivity index (χ1v) is 6.52. The minimum atomic E-state index is 0.311. The lowest BCUT2D eigenvalue weighted by atomic mass is 10.1. The predicted octanol–water partition coefficient (Wildman–Crippen LogP) is 1.99. The molecule has 3 heterocycles. The van der Waals surface area contributed by atoms with Gasteiger partial charge >= 0.3 is 0 Å². The SMILES string of the molecule is C#Cc1cn[nH]c1-c1nc(-c2ccc3cnn(C)c3c2)no1. The van der Waals surface area contributed by atoms with Crippen LogP contribution < -0.4 is 0 Å². The van der Waals surface area contributed by atoms with E-state index in [9.17, 15) is 0 Å². The summed E-state index contributed by atoms with van der Waals surface area (Å²) < 4.78 is 7.08. The third kappa shape index (κ3) is 1.78. The summed E-state index contributed by atoms with van der Waals surface area (Å²) in [5, 5.41) is 15.9. The summed E-state index contributed by atoms with van der Waals surface area (Å²) in [6, 6.07) is 5.86. The molecule has 0 amide bonds. The maximum Gasteiger partial charge on any atom is 0.277 e. The molecule has 0 saturated heterocycles. The van der Waals surface area contributed by atoms with Crippen molar-refractivity contribution in [2.75, 3.05) is 0 Å². The van der Waals surface area contributed by atoms with Crippen molar-refractivity contribution in [3.05, 3.63) is 36.2 Å². The average Bonchev–Trinajstić information content (AvgIpc) is 3.25. The van der Waals surface area contributed by atoms with Crippen molar-refractivity contribution in [1.29, 1.82) is 0 Å². The van der Waals surface area contributed by atoms with Gasteiger partial charge in [-0.15, -0.1) is 6.42 Å². The maximum absolute atomic E-state index is 5.41. The van der Waals surface area contributed by atoms with E-state index < -0.39 is 0 Å². The molecule has 4 aromatic rings. The summed E-state index contributed by atoms with van der Waals surface area (Å²) in [6.07, 6.45) is 8.76. The van der Waals surface area contributed by atoms with Crippen molar-refractivity contribution in [2.45, 2.75) is 0 Å².